The molecule has 2 heterocycles. The molecule has 1 fully saturated rings. The molecule has 2 aromatic rings. The SMILES string of the molecule is CC(=O)OC[C@H]1O[C@]2(OCc3cc(Cl)c(Cc4ccc(O[Si](C)(C)C(C)(C)C)cc4)cc32)[C@H](OC(C)=O)[C@@H](OC(C)=O)[C@H]1OC(C)=O. The molecule has 2 aliphatic heterocycles. The fraction of sp³-hybridized carbons (Fsp3) is 0.529. The molecule has 2 aliphatic rings. The average molecular weight is 691 g/mol. The van der Waals surface area contributed by atoms with Crippen LogP contribution in [-0.4, -0.2) is 63.2 Å². The molecule has 1 spiro atoms. The number of ether oxygens (including phenoxy) is 6. The molecule has 0 aromatic heterocycles. The summed E-state index contributed by atoms with van der Waals surface area (Å²) in [6.45, 7) is 15.3. The molecule has 0 N–H and O–H groups in total. The van der Waals surface area contributed by atoms with Gasteiger partial charge in [-0.15, -0.1) is 0 Å². The Hall–Kier alpha value is -3.45. The predicted molar refractivity (Wildman–Crippen MR) is 173 cm³/mol. The van der Waals surface area contributed by atoms with E-state index in [1.54, 1.807) is 12.1 Å². The maximum absolute atomic E-state index is 12.5. The molecule has 256 valence electrons. The summed E-state index contributed by atoms with van der Waals surface area (Å²) in [5.41, 5.74) is 2.81. The summed E-state index contributed by atoms with van der Waals surface area (Å²) in [6.07, 6.45) is -4.84. The summed E-state index contributed by atoms with van der Waals surface area (Å²) in [6, 6.07) is 11.4. The van der Waals surface area contributed by atoms with Gasteiger partial charge in [-0.25, -0.2) is 0 Å². The first-order valence-corrected chi connectivity index (χ1v) is 18.7. The standard InChI is InChI=1S/C34H43ClO11Si/c1-19(36)40-18-29-30(42-20(2)37)31(43-21(3)38)32(44-22(4)39)34(45-29)27-15-24(28(35)16-25(27)17-41-34)14-23-10-12-26(13-11-23)46-47(8,9)33(5,6)7/h10-13,15-16,29-32H,14,17-18H2,1-9H3/t29-,30+,31+,32-,34+/m1/s1. The molecular formula is C34H43ClO11Si. The van der Waals surface area contributed by atoms with Gasteiger partial charge in [-0.1, -0.05) is 44.5 Å². The van der Waals surface area contributed by atoms with Crippen LogP contribution in [0.25, 0.3) is 0 Å². The lowest BCUT2D eigenvalue weighted by Crippen LogP contribution is -2.66. The fourth-order valence-electron chi connectivity index (χ4n) is 5.44. The van der Waals surface area contributed by atoms with Crippen molar-refractivity contribution in [3.8, 4) is 5.75 Å². The van der Waals surface area contributed by atoms with Crippen molar-refractivity contribution in [1.29, 1.82) is 0 Å². The molecule has 5 atom stereocenters. The molecule has 47 heavy (non-hydrogen) atoms. The summed E-state index contributed by atoms with van der Waals surface area (Å²) in [7, 11) is -2.02. The van der Waals surface area contributed by atoms with Crippen LogP contribution in [0.1, 0.15) is 70.7 Å². The second-order valence-corrected chi connectivity index (χ2v) is 18.5. The van der Waals surface area contributed by atoms with Crippen molar-refractivity contribution < 1.29 is 52.0 Å². The first-order chi connectivity index (χ1) is 21.8. The number of fused-ring (bicyclic) bond motifs is 2. The van der Waals surface area contributed by atoms with Gasteiger partial charge in [-0.2, -0.15) is 0 Å². The molecular weight excluding hydrogens is 648 g/mol. The smallest absolute Gasteiger partial charge is 0.303 e. The second-order valence-electron chi connectivity index (χ2n) is 13.4. The van der Waals surface area contributed by atoms with Crippen molar-refractivity contribution in [3.63, 3.8) is 0 Å². The molecule has 0 radical (unpaired) electrons. The molecule has 0 bridgehead atoms. The van der Waals surface area contributed by atoms with Crippen molar-refractivity contribution in [2.45, 2.75) is 110 Å². The van der Waals surface area contributed by atoms with Crippen LogP contribution >= 0.6 is 11.6 Å². The lowest BCUT2D eigenvalue weighted by Gasteiger charge is -2.49. The first kappa shape index (κ1) is 36.4. The fourth-order valence-corrected chi connectivity index (χ4v) is 6.73. The van der Waals surface area contributed by atoms with Crippen molar-refractivity contribution >= 4 is 43.8 Å². The number of hydrogen-bond acceptors (Lipinski definition) is 11. The van der Waals surface area contributed by atoms with Gasteiger partial charge in [-0.3, -0.25) is 19.2 Å². The molecule has 11 nitrogen and oxygen atoms in total. The van der Waals surface area contributed by atoms with Crippen molar-refractivity contribution in [1.82, 2.24) is 0 Å². The van der Waals surface area contributed by atoms with Gasteiger partial charge >= 0.3 is 23.9 Å². The summed E-state index contributed by atoms with van der Waals surface area (Å²) in [5, 5.41) is 0.535. The highest BCUT2D eigenvalue weighted by atomic mass is 35.5. The molecule has 13 heteroatoms. The monoisotopic (exact) mass is 690 g/mol. The van der Waals surface area contributed by atoms with Crippen molar-refractivity contribution in [3.05, 3.63) is 63.7 Å². The molecule has 0 saturated carbocycles. The lowest BCUT2D eigenvalue weighted by atomic mass is 9.85. The van der Waals surface area contributed by atoms with E-state index in [0.29, 0.717) is 22.6 Å². The molecule has 4 rings (SSSR count). The lowest BCUT2D eigenvalue weighted by molar-refractivity contribution is -0.370. The highest BCUT2D eigenvalue weighted by Gasteiger charge is 2.64. The van der Waals surface area contributed by atoms with Gasteiger partial charge < -0.3 is 32.8 Å². The van der Waals surface area contributed by atoms with Crippen LogP contribution in [0.2, 0.25) is 23.2 Å². The van der Waals surface area contributed by atoms with Gasteiger partial charge in [0.1, 0.15) is 18.5 Å². The Balaban J connectivity index is 1.76. The minimum Gasteiger partial charge on any atom is -0.544 e. The van der Waals surface area contributed by atoms with Gasteiger partial charge in [0.05, 0.1) is 6.61 Å². The average Bonchev–Trinajstić information content (AvgIpc) is 3.28. The van der Waals surface area contributed by atoms with Gasteiger partial charge in [0, 0.05) is 38.3 Å². The van der Waals surface area contributed by atoms with E-state index in [-0.39, 0.29) is 18.3 Å². The van der Waals surface area contributed by atoms with Crippen LogP contribution in [0.15, 0.2) is 36.4 Å². The third kappa shape index (κ3) is 8.17. The maximum Gasteiger partial charge on any atom is 0.303 e. The van der Waals surface area contributed by atoms with Crippen LogP contribution in [-0.2, 0) is 66.4 Å². The Morgan fingerprint density at radius 1 is 0.894 bits per heavy atom. The largest absolute Gasteiger partial charge is 0.544 e. The van der Waals surface area contributed by atoms with E-state index in [4.69, 9.17) is 44.4 Å². The number of rotatable bonds is 9. The third-order valence-electron chi connectivity index (χ3n) is 8.62. The van der Waals surface area contributed by atoms with Crippen LogP contribution in [0.3, 0.4) is 0 Å². The van der Waals surface area contributed by atoms with Crippen LogP contribution in [0.5, 0.6) is 5.75 Å². The number of esters is 4. The van der Waals surface area contributed by atoms with Gasteiger partial charge in [0.15, 0.2) is 12.2 Å². The number of carbonyl (C=O) groups excluding carboxylic acids is 4. The minimum absolute atomic E-state index is 0.0118. The Bertz CT molecular complexity index is 1520. The van der Waals surface area contributed by atoms with E-state index in [9.17, 15) is 19.2 Å². The van der Waals surface area contributed by atoms with Crippen LogP contribution in [0.4, 0.5) is 0 Å². The number of hydrogen-bond donors (Lipinski definition) is 0. The quantitative estimate of drug-likeness (QED) is 0.181. The zero-order chi connectivity index (χ0) is 34.9. The number of carbonyl (C=O) groups is 4. The Labute approximate surface area is 281 Å². The minimum atomic E-state index is -2.02. The molecule has 0 aliphatic carbocycles. The molecule has 0 unspecified atom stereocenters. The van der Waals surface area contributed by atoms with Crippen LogP contribution < -0.4 is 4.43 Å². The zero-order valence-electron chi connectivity index (χ0n) is 28.3. The topological polar surface area (TPSA) is 133 Å². The Kier molecular flexibility index (Phi) is 10.8. The van der Waals surface area contributed by atoms with Gasteiger partial charge in [0.2, 0.25) is 20.2 Å². The van der Waals surface area contributed by atoms with E-state index in [0.717, 1.165) is 16.9 Å². The van der Waals surface area contributed by atoms with E-state index in [2.05, 4.69) is 33.9 Å². The third-order valence-corrected chi connectivity index (χ3v) is 13.3. The maximum atomic E-state index is 12.5. The zero-order valence-corrected chi connectivity index (χ0v) is 30.0. The molecule has 0 amide bonds. The second kappa shape index (κ2) is 14.0. The van der Waals surface area contributed by atoms with E-state index in [1.165, 1.54) is 27.7 Å². The van der Waals surface area contributed by atoms with Crippen molar-refractivity contribution in [2.75, 3.05) is 6.61 Å². The highest BCUT2D eigenvalue weighted by molar-refractivity contribution is 6.74. The van der Waals surface area contributed by atoms with Gasteiger partial charge in [0.25, 0.3) is 0 Å². The summed E-state index contributed by atoms with van der Waals surface area (Å²) < 4.78 is 41.3. The Morgan fingerprint density at radius 2 is 1.49 bits per heavy atom. The summed E-state index contributed by atoms with van der Waals surface area (Å²) in [5.74, 6) is -3.82. The number of halogens is 1. The van der Waals surface area contributed by atoms with E-state index < -0.39 is 62.4 Å². The van der Waals surface area contributed by atoms with Gasteiger partial charge in [-0.05, 0) is 65.5 Å². The van der Waals surface area contributed by atoms with Crippen LogP contribution in [0, 0.1) is 0 Å². The normalized spacial score (nSPS) is 23.9. The van der Waals surface area contributed by atoms with Crippen molar-refractivity contribution in [2.24, 2.45) is 0 Å². The Morgan fingerprint density at radius 3 is 2.04 bits per heavy atom. The summed E-state index contributed by atoms with van der Waals surface area (Å²) >= 11 is 6.78. The van der Waals surface area contributed by atoms with E-state index in [1.807, 2.05) is 24.3 Å². The van der Waals surface area contributed by atoms with E-state index >= 15 is 0 Å². The number of benzene rings is 2. The summed E-state index contributed by atoms with van der Waals surface area (Å²) in [4.78, 5) is 48.8. The first-order valence-electron chi connectivity index (χ1n) is 15.4. The molecule has 2 aromatic carbocycles. The highest BCUT2D eigenvalue weighted by Crippen LogP contribution is 2.50. The predicted octanol–water partition coefficient (Wildman–Crippen LogP) is 5.75. The molecule has 1 saturated heterocycles.